The lowest BCUT2D eigenvalue weighted by Crippen LogP contribution is -2.30. The van der Waals surface area contributed by atoms with Crippen molar-refractivity contribution in [1.29, 1.82) is 0 Å². The number of rotatable bonds is 56. The van der Waals surface area contributed by atoms with Crippen LogP contribution in [-0.2, 0) is 28.6 Å². The Balaban J connectivity index is 4.50. The quantitative estimate of drug-likeness (QED) is 0.0261. The molecule has 0 aromatic carbocycles. The second-order valence-corrected chi connectivity index (χ2v) is 20.6. The predicted molar refractivity (Wildman–Crippen MR) is 343 cm³/mol. The zero-order chi connectivity index (χ0) is 57.1. The van der Waals surface area contributed by atoms with Gasteiger partial charge in [0.1, 0.15) is 13.2 Å². The molecule has 1 unspecified atom stereocenters. The molecule has 0 aromatic rings. The van der Waals surface area contributed by atoms with Crippen LogP contribution in [-0.4, -0.2) is 37.2 Å². The summed E-state index contributed by atoms with van der Waals surface area (Å²) in [6, 6.07) is 0. The second-order valence-electron chi connectivity index (χ2n) is 20.6. The fourth-order valence-electron chi connectivity index (χ4n) is 8.31. The lowest BCUT2D eigenvalue weighted by Gasteiger charge is -2.18. The summed E-state index contributed by atoms with van der Waals surface area (Å²) < 4.78 is 16.9. The number of hydrogen-bond donors (Lipinski definition) is 0. The van der Waals surface area contributed by atoms with Gasteiger partial charge >= 0.3 is 17.9 Å². The van der Waals surface area contributed by atoms with Crippen LogP contribution in [0.3, 0.4) is 0 Å². The maximum atomic E-state index is 12.9. The highest BCUT2D eigenvalue weighted by atomic mass is 16.6. The van der Waals surface area contributed by atoms with Crippen LogP contribution in [0.25, 0.3) is 0 Å². The lowest BCUT2D eigenvalue weighted by molar-refractivity contribution is -0.167. The first-order valence-electron chi connectivity index (χ1n) is 32.0. The van der Waals surface area contributed by atoms with Crippen LogP contribution in [0.4, 0.5) is 0 Å². The van der Waals surface area contributed by atoms with Crippen molar-refractivity contribution in [1.82, 2.24) is 0 Å². The van der Waals surface area contributed by atoms with Gasteiger partial charge in [0.05, 0.1) is 0 Å². The molecule has 6 nitrogen and oxygen atoms in total. The first-order chi connectivity index (χ1) is 39.0. The van der Waals surface area contributed by atoms with Gasteiger partial charge in [-0.2, -0.15) is 0 Å². The van der Waals surface area contributed by atoms with Crippen LogP contribution in [0.2, 0.25) is 0 Å². The number of carbonyl (C=O) groups excluding carboxylic acids is 3. The molecule has 0 aliphatic carbocycles. The molecule has 0 N–H and O–H groups in total. The summed E-state index contributed by atoms with van der Waals surface area (Å²) >= 11 is 0. The first-order valence-corrected chi connectivity index (χ1v) is 32.0. The number of unbranched alkanes of at least 4 members (excludes halogenated alkanes) is 19. The van der Waals surface area contributed by atoms with Crippen LogP contribution in [0.5, 0.6) is 0 Å². The summed E-state index contributed by atoms with van der Waals surface area (Å²) in [5.41, 5.74) is 0. The van der Waals surface area contributed by atoms with Gasteiger partial charge in [-0.15, -0.1) is 0 Å². The highest BCUT2D eigenvalue weighted by molar-refractivity contribution is 5.71. The normalized spacial score (nSPS) is 13.2. The SMILES string of the molecule is CC/C=C\C/C=C\C/C=C\C/C=C\C/C=C\C/C=C\C/C=C\CCCCCC(=O)OCC(COC(=O)CCCCCCCCCCCCCCC)OC(=O)CCCCCC/C=C\C/C=C\C/C=C\C/C=C\C/C=C\C/C=C\CC. The molecule has 0 aliphatic heterocycles. The van der Waals surface area contributed by atoms with Gasteiger partial charge in [-0.1, -0.05) is 275 Å². The highest BCUT2D eigenvalue weighted by Gasteiger charge is 2.19. The number of carbonyl (C=O) groups is 3. The minimum absolute atomic E-state index is 0.104. The zero-order valence-corrected chi connectivity index (χ0v) is 50.8. The highest BCUT2D eigenvalue weighted by Crippen LogP contribution is 2.15. The van der Waals surface area contributed by atoms with E-state index in [-0.39, 0.29) is 37.5 Å². The van der Waals surface area contributed by atoms with Gasteiger partial charge in [0.2, 0.25) is 0 Å². The van der Waals surface area contributed by atoms with Crippen molar-refractivity contribution < 1.29 is 28.6 Å². The van der Waals surface area contributed by atoms with Crippen molar-refractivity contribution in [2.75, 3.05) is 13.2 Å². The van der Waals surface area contributed by atoms with E-state index >= 15 is 0 Å². The van der Waals surface area contributed by atoms with Gasteiger partial charge in [-0.05, 0) is 128 Å². The summed E-state index contributed by atoms with van der Waals surface area (Å²) in [6.07, 6.45) is 95.2. The summed E-state index contributed by atoms with van der Waals surface area (Å²) in [4.78, 5) is 38.3. The Kier molecular flexibility index (Phi) is 61.4. The van der Waals surface area contributed by atoms with Crippen molar-refractivity contribution >= 4 is 17.9 Å². The van der Waals surface area contributed by atoms with Crippen LogP contribution < -0.4 is 0 Å². The minimum atomic E-state index is -0.813. The van der Waals surface area contributed by atoms with E-state index in [1.54, 1.807) is 0 Å². The molecule has 0 fully saturated rings. The zero-order valence-electron chi connectivity index (χ0n) is 50.8. The van der Waals surface area contributed by atoms with Gasteiger partial charge in [0.25, 0.3) is 0 Å². The van der Waals surface area contributed by atoms with E-state index in [0.717, 1.165) is 161 Å². The number of allylic oxidation sites excluding steroid dienone is 26. The standard InChI is InChI=1S/C73H116O6/c1-4-7-10-13-16-19-22-25-27-29-31-33-35-36-38-39-41-43-45-48-51-54-57-60-63-66-72(75)78-69-70(68-77-71(74)65-62-59-56-53-50-47-24-21-18-15-12-9-6-3)79-73(76)67-64-61-58-55-52-49-46-44-42-40-37-34-32-30-28-26-23-20-17-14-11-8-5-2/h7-8,10-11,16-17,19-20,25-28,31-34,36,38,40-43,46,48-49,51,70H,4-6,9,12-15,18,21-24,29-30,35,37,39,44-45,47,50,52-69H2,1-3H3/b10-7-,11-8-,19-16-,20-17-,27-25-,28-26-,33-31-,34-32-,38-36-,42-40-,43-41-,49-46-,51-48-. The van der Waals surface area contributed by atoms with Crippen molar-refractivity contribution in [3.05, 3.63) is 158 Å². The van der Waals surface area contributed by atoms with E-state index in [0.29, 0.717) is 12.8 Å². The predicted octanol–water partition coefficient (Wildman–Crippen LogP) is 22.1. The molecule has 79 heavy (non-hydrogen) atoms. The van der Waals surface area contributed by atoms with E-state index in [9.17, 15) is 14.4 Å². The maximum Gasteiger partial charge on any atom is 0.306 e. The average molecular weight is 1090 g/mol. The van der Waals surface area contributed by atoms with E-state index < -0.39 is 6.10 Å². The summed E-state index contributed by atoms with van der Waals surface area (Å²) in [6.45, 7) is 6.36. The van der Waals surface area contributed by atoms with Gasteiger partial charge in [-0.25, -0.2) is 0 Å². The molecule has 0 aliphatic rings. The molecular formula is C73H116O6. The Morgan fingerprint density at radius 1 is 0.266 bits per heavy atom. The Morgan fingerprint density at radius 3 is 0.785 bits per heavy atom. The van der Waals surface area contributed by atoms with Crippen LogP contribution in [0.1, 0.15) is 265 Å². The smallest absolute Gasteiger partial charge is 0.306 e. The molecule has 0 bridgehead atoms. The largest absolute Gasteiger partial charge is 0.462 e. The third-order valence-electron chi connectivity index (χ3n) is 13.0. The van der Waals surface area contributed by atoms with Crippen LogP contribution in [0, 0.1) is 0 Å². The topological polar surface area (TPSA) is 78.9 Å². The molecule has 0 saturated carbocycles. The van der Waals surface area contributed by atoms with Gasteiger partial charge in [0, 0.05) is 19.3 Å². The Morgan fingerprint density at radius 2 is 0.494 bits per heavy atom. The van der Waals surface area contributed by atoms with Crippen molar-refractivity contribution in [3.63, 3.8) is 0 Å². The number of esters is 3. The van der Waals surface area contributed by atoms with E-state index in [1.807, 2.05) is 0 Å². The Hall–Kier alpha value is -4.97. The van der Waals surface area contributed by atoms with Gasteiger partial charge in [-0.3, -0.25) is 14.4 Å². The molecule has 444 valence electrons. The summed E-state index contributed by atoms with van der Waals surface area (Å²) in [5.74, 6) is -0.965. The second kappa shape index (κ2) is 65.5. The third-order valence-corrected chi connectivity index (χ3v) is 13.0. The van der Waals surface area contributed by atoms with Crippen molar-refractivity contribution in [3.8, 4) is 0 Å². The lowest BCUT2D eigenvalue weighted by atomic mass is 10.0. The van der Waals surface area contributed by atoms with Crippen LogP contribution in [0.15, 0.2) is 158 Å². The molecule has 6 heteroatoms. The Labute approximate surface area is 486 Å². The van der Waals surface area contributed by atoms with Crippen molar-refractivity contribution in [2.24, 2.45) is 0 Å². The molecule has 0 rings (SSSR count). The fraction of sp³-hybridized carbons (Fsp3) is 0.603. The summed E-state index contributed by atoms with van der Waals surface area (Å²) in [5, 5.41) is 0. The fourth-order valence-corrected chi connectivity index (χ4v) is 8.31. The third kappa shape index (κ3) is 63.7. The van der Waals surface area contributed by atoms with E-state index in [2.05, 4.69) is 179 Å². The average Bonchev–Trinajstić information content (AvgIpc) is 3.45. The number of hydrogen-bond acceptors (Lipinski definition) is 6. The molecule has 1 atom stereocenters. The first kappa shape index (κ1) is 74.0. The van der Waals surface area contributed by atoms with Crippen LogP contribution >= 0.6 is 0 Å². The molecular weight excluding hydrogens is 973 g/mol. The maximum absolute atomic E-state index is 12.9. The molecule has 0 radical (unpaired) electrons. The Bertz CT molecular complexity index is 1780. The van der Waals surface area contributed by atoms with E-state index in [4.69, 9.17) is 14.2 Å². The summed E-state index contributed by atoms with van der Waals surface area (Å²) in [7, 11) is 0. The van der Waals surface area contributed by atoms with Gasteiger partial charge < -0.3 is 14.2 Å². The molecule has 0 spiro atoms. The van der Waals surface area contributed by atoms with Gasteiger partial charge in [0.15, 0.2) is 6.10 Å². The molecule has 0 amide bonds. The van der Waals surface area contributed by atoms with E-state index in [1.165, 1.54) is 64.2 Å². The number of ether oxygens (including phenoxy) is 3. The molecule has 0 aromatic heterocycles. The minimum Gasteiger partial charge on any atom is -0.462 e. The molecule has 0 heterocycles. The monoisotopic (exact) mass is 1090 g/mol. The van der Waals surface area contributed by atoms with Crippen molar-refractivity contribution in [2.45, 2.75) is 271 Å². The molecule has 0 saturated heterocycles.